The highest BCUT2D eigenvalue weighted by atomic mass is 16.4. The molecule has 0 aliphatic carbocycles. The van der Waals surface area contributed by atoms with Gasteiger partial charge in [-0.05, 0) is 40.4 Å². The van der Waals surface area contributed by atoms with E-state index in [1.807, 2.05) is 21.0 Å². The number of urea groups is 1. The second-order valence-corrected chi connectivity index (χ2v) is 4.47. The van der Waals surface area contributed by atoms with E-state index in [1.165, 1.54) is 4.90 Å². The molecule has 0 bridgehead atoms. The number of carbonyl (C=O) groups excluding carboxylic acids is 1. The highest BCUT2D eigenvalue weighted by Crippen LogP contribution is 1.94. The van der Waals surface area contributed by atoms with Gasteiger partial charge in [-0.2, -0.15) is 0 Å². The fourth-order valence-electron chi connectivity index (χ4n) is 1.49. The van der Waals surface area contributed by atoms with Crippen LogP contribution in [0.25, 0.3) is 0 Å². The molecule has 0 aliphatic rings. The number of aliphatic carboxylic acids is 1. The monoisotopic (exact) mass is 259 g/mol. The van der Waals surface area contributed by atoms with Gasteiger partial charge in [0.1, 0.15) is 0 Å². The largest absolute Gasteiger partial charge is 0.481 e. The zero-order valence-corrected chi connectivity index (χ0v) is 11.6. The van der Waals surface area contributed by atoms with Crippen molar-refractivity contribution in [1.29, 1.82) is 0 Å². The second kappa shape index (κ2) is 9.70. The number of carboxylic acids is 1. The molecule has 0 aromatic heterocycles. The third kappa shape index (κ3) is 8.81. The number of rotatable bonds is 9. The first-order valence-electron chi connectivity index (χ1n) is 6.36. The molecule has 0 aromatic rings. The molecule has 6 nitrogen and oxygen atoms in total. The van der Waals surface area contributed by atoms with Crippen LogP contribution in [0.5, 0.6) is 0 Å². The minimum absolute atomic E-state index is 0.0120. The van der Waals surface area contributed by atoms with Crippen molar-refractivity contribution in [2.75, 3.05) is 40.3 Å². The lowest BCUT2D eigenvalue weighted by molar-refractivity contribution is -0.137. The molecule has 0 saturated heterocycles. The van der Waals surface area contributed by atoms with Gasteiger partial charge in [0.25, 0.3) is 0 Å². The molecule has 0 radical (unpaired) electrons. The van der Waals surface area contributed by atoms with Crippen molar-refractivity contribution < 1.29 is 14.7 Å². The van der Waals surface area contributed by atoms with Gasteiger partial charge >= 0.3 is 12.0 Å². The molecule has 0 spiro atoms. The van der Waals surface area contributed by atoms with Crippen molar-refractivity contribution in [3.8, 4) is 0 Å². The first-order valence-corrected chi connectivity index (χ1v) is 6.36. The van der Waals surface area contributed by atoms with Crippen molar-refractivity contribution in [2.24, 2.45) is 0 Å². The first-order chi connectivity index (χ1) is 8.47. The Morgan fingerprint density at radius 1 is 1.17 bits per heavy atom. The number of amides is 2. The van der Waals surface area contributed by atoms with Gasteiger partial charge < -0.3 is 20.2 Å². The highest BCUT2D eigenvalue weighted by Gasteiger charge is 2.11. The Balaban J connectivity index is 3.73. The summed E-state index contributed by atoms with van der Waals surface area (Å²) in [6.07, 6.45) is 1.96. The third-order valence-electron chi connectivity index (χ3n) is 2.57. The van der Waals surface area contributed by atoms with Crippen molar-refractivity contribution in [3.63, 3.8) is 0 Å². The number of hydrogen-bond acceptors (Lipinski definition) is 3. The fourth-order valence-corrected chi connectivity index (χ4v) is 1.49. The molecule has 0 atom stereocenters. The van der Waals surface area contributed by atoms with E-state index in [4.69, 9.17) is 5.11 Å². The summed E-state index contributed by atoms with van der Waals surface area (Å²) in [4.78, 5) is 25.8. The maximum atomic E-state index is 11.7. The predicted molar refractivity (Wildman–Crippen MR) is 70.7 cm³/mol. The van der Waals surface area contributed by atoms with E-state index in [0.717, 1.165) is 19.4 Å². The Morgan fingerprint density at radius 3 is 2.33 bits per heavy atom. The summed E-state index contributed by atoms with van der Waals surface area (Å²) in [6.45, 7) is 4.27. The molecule has 0 aromatic carbocycles. The van der Waals surface area contributed by atoms with Crippen molar-refractivity contribution in [1.82, 2.24) is 15.1 Å². The fraction of sp³-hybridized carbons (Fsp3) is 0.833. The molecule has 0 heterocycles. The van der Waals surface area contributed by atoms with E-state index in [-0.39, 0.29) is 19.0 Å². The minimum atomic E-state index is -0.882. The highest BCUT2D eigenvalue weighted by molar-refractivity contribution is 5.75. The first kappa shape index (κ1) is 16.7. The Bertz CT molecular complexity index is 257. The zero-order chi connectivity index (χ0) is 14.0. The number of carbonyl (C=O) groups is 2. The van der Waals surface area contributed by atoms with Crippen molar-refractivity contribution in [3.05, 3.63) is 0 Å². The van der Waals surface area contributed by atoms with Gasteiger partial charge in [0.05, 0.1) is 6.42 Å². The Kier molecular flexibility index (Phi) is 9.00. The van der Waals surface area contributed by atoms with E-state index >= 15 is 0 Å². The maximum Gasteiger partial charge on any atom is 0.317 e. The molecule has 6 heteroatoms. The molecule has 106 valence electrons. The molecular formula is C12H25N3O3. The number of nitrogens with zero attached hydrogens (tertiary/aromatic N) is 2. The lowest BCUT2D eigenvalue weighted by Gasteiger charge is -2.20. The summed E-state index contributed by atoms with van der Waals surface area (Å²) in [5.74, 6) is -0.882. The summed E-state index contributed by atoms with van der Waals surface area (Å²) >= 11 is 0. The van der Waals surface area contributed by atoms with E-state index in [1.54, 1.807) is 0 Å². The molecule has 0 fully saturated rings. The van der Waals surface area contributed by atoms with Crippen LogP contribution >= 0.6 is 0 Å². The Labute approximate surface area is 109 Å². The third-order valence-corrected chi connectivity index (χ3v) is 2.57. The molecule has 2 N–H and O–H groups in total. The summed E-state index contributed by atoms with van der Waals surface area (Å²) < 4.78 is 0. The molecule has 2 amide bonds. The van der Waals surface area contributed by atoms with Crippen LogP contribution in [-0.2, 0) is 4.79 Å². The van der Waals surface area contributed by atoms with E-state index in [9.17, 15) is 9.59 Å². The molecule has 0 saturated carbocycles. The smallest absolute Gasteiger partial charge is 0.317 e. The van der Waals surface area contributed by atoms with Gasteiger partial charge in [-0.25, -0.2) is 4.79 Å². The number of carboxylic acid groups (broad SMARTS) is 1. The van der Waals surface area contributed by atoms with Gasteiger partial charge in [0.15, 0.2) is 0 Å². The normalized spacial score (nSPS) is 10.4. The zero-order valence-electron chi connectivity index (χ0n) is 11.6. The number of hydrogen-bond donors (Lipinski definition) is 2. The van der Waals surface area contributed by atoms with Crippen LogP contribution in [0.15, 0.2) is 0 Å². The van der Waals surface area contributed by atoms with Gasteiger partial charge in [0, 0.05) is 19.6 Å². The lowest BCUT2D eigenvalue weighted by atomic mass is 10.3. The van der Waals surface area contributed by atoms with E-state index < -0.39 is 5.97 Å². The van der Waals surface area contributed by atoms with Gasteiger partial charge in [-0.15, -0.1) is 0 Å². The van der Waals surface area contributed by atoms with Crippen molar-refractivity contribution in [2.45, 2.75) is 26.2 Å². The molecule has 18 heavy (non-hydrogen) atoms. The molecule has 0 rings (SSSR count). The summed E-state index contributed by atoms with van der Waals surface area (Å²) in [5, 5.41) is 11.4. The Morgan fingerprint density at radius 2 is 1.83 bits per heavy atom. The average molecular weight is 259 g/mol. The minimum Gasteiger partial charge on any atom is -0.481 e. The van der Waals surface area contributed by atoms with Crippen LogP contribution in [-0.4, -0.2) is 67.2 Å². The standard InChI is InChI=1S/C12H25N3O3/c1-4-15(10-7-11(16)17)12(18)13-8-5-6-9-14(2)3/h4-10H2,1-3H3,(H,13,18)(H,16,17). The van der Waals surface area contributed by atoms with Crippen LogP contribution in [0.2, 0.25) is 0 Å². The maximum absolute atomic E-state index is 11.7. The predicted octanol–water partition coefficient (Wildman–Crippen LogP) is 0.834. The van der Waals surface area contributed by atoms with Crippen LogP contribution in [0.3, 0.4) is 0 Å². The van der Waals surface area contributed by atoms with Gasteiger partial charge in [0.2, 0.25) is 0 Å². The number of unbranched alkanes of at least 4 members (excludes halogenated alkanes) is 1. The topological polar surface area (TPSA) is 72.9 Å². The van der Waals surface area contributed by atoms with Crippen LogP contribution in [0.1, 0.15) is 26.2 Å². The number of nitrogens with one attached hydrogen (secondary N) is 1. The van der Waals surface area contributed by atoms with E-state index in [2.05, 4.69) is 10.2 Å². The molecular weight excluding hydrogens is 234 g/mol. The van der Waals surface area contributed by atoms with Gasteiger partial charge in [-0.3, -0.25) is 4.79 Å². The van der Waals surface area contributed by atoms with E-state index in [0.29, 0.717) is 13.1 Å². The van der Waals surface area contributed by atoms with Crippen molar-refractivity contribution >= 4 is 12.0 Å². The average Bonchev–Trinajstić information content (AvgIpc) is 2.28. The Hall–Kier alpha value is -1.30. The molecule has 0 aliphatic heterocycles. The van der Waals surface area contributed by atoms with Gasteiger partial charge in [-0.1, -0.05) is 0 Å². The summed E-state index contributed by atoms with van der Waals surface area (Å²) in [7, 11) is 4.03. The lowest BCUT2D eigenvalue weighted by Crippen LogP contribution is -2.41. The molecule has 0 unspecified atom stereocenters. The summed E-state index contributed by atoms with van der Waals surface area (Å²) in [5.41, 5.74) is 0. The van der Waals surface area contributed by atoms with Crippen LogP contribution in [0.4, 0.5) is 4.79 Å². The quantitative estimate of drug-likeness (QED) is 0.602. The second-order valence-electron chi connectivity index (χ2n) is 4.47. The van der Waals surface area contributed by atoms with Crippen LogP contribution in [0, 0.1) is 0 Å². The van der Waals surface area contributed by atoms with Crippen LogP contribution < -0.4 is 5.32 Å². The SMILES string of the molecule is CCN(CCC(=O)O)C(=O)NCCCCN(C)C. The summed E-state index contributed by atoms with van der Waals surface area (Å²) in [6, 6.07) is -0.177.